The summed E-state index contributed by atoms with van der Waals surface area (Å²) in [6, 6.07) is 0.166. The molecular formula is C12H16N4S. The Morgan fingerprint density at radius 2 is 2.47 bits per heavy atom. The lowest BCUT2D eigenvalue weighted by molar-refractivity contribution is 0.779. The average molecular weight is 248 g/mol. The van der Waals surface area contributed by atoms with Crippen LogP contribution < -0.4 is 5.32 Å². The Morgan fingerprint density at radius 3 is 3.12 bits per heavy atom. The number of thiazole rings is 1. The van der Waals surface area contributed by atoms with Gasteiger partial charge in [-0.15, -0.1) is 17.9 Å². The van der Waals surface area contributed by atoms with Crippen molar-refractivity contribution in [3.05, 3.63) is 41.1 Å². The molecule has 90 valence electrons. The molecule has 17 heavy (non-hydrogen) atoms. The predicted octanol–water partition coefficient (Wildman–Crippen LogP) is 3.01. The Balaban J connectivity index is 2.09. The topological polar surface area (TPSA) is 42.7 Å². The quantitative estimate of drug-likeness (QED) is 0.827. The van der Waals surface area contributed by atoms with Crippen molar-refractivity contribution in [3.63, 3.8) is 0 Å². The molecule has 0 aliphatic heterocycles. The fourth-order valence-electron chi connectivity index (χ4n) is 1.56. The molecule has 0 saturated heterocycles. The van der Waals surface area contributed by atoms with Crippen molar-refractivity contribution in [2.75, 3.05) is 5.32 Å². The zero-order valence-corrected chi connectivity index (χ0v) is 10.9. The lowest BCUT2D eigenvalue weighted by Crippen LogP contribution is -2.11. The molecule has 2 rings (SSSR count). The van der Waals surface area contributed by atoms with Gasteiger partial charge in [0, 0.05) is 30.0 Å². The fraction of sp³-hybridized carbons (Fsp3) is 0.333. The monoisotopic (exact) mass is 248 g/mol. The minimum absolute atomic E-state index is 0.166. The molecule has 1 atom stereocenters. The Morgan fingerprint density at radius 1 is 1.65 bits per heavy atom. The zero-order valence-electron chi connectivity index (χ0n) is 10.1. The smallest absolute Gasteiger partial charge is 0.203 e. The first kappa shape index (κ1) is 11.9. The Bertz CT molecular complexity index is 500. The van der Waals surface area contributed by atoms with Gasteiger partial charge >= 0.3 is 0 Å². The summed E-state index contributed by atoms with van der Waals surface area (Å²) in [6.07, 6.45) is 5.57. The molecule has 1 unspecified atom stereocenters. The van der Waals surface area contributed by atoms with Gasteiger partial charge in [0.25, 0.3) is 0 Å². The molecule has 0 radical (unpaired) electrons. The lowest BCUT2D eigenvalue weighted by atomic mass is 10.3. The number of aromatic nitrogens is 3. The maximum Gasteiger partial charge on any atom is 0.203 e. The van der Waals surface area contributed by atoms with Crippen LogP contribution >= 0.6 is 11.3 Å². The minimum Gasteiger partial charge on any atom is -0.347 e. The van der Waals surface area contributed by atoms with E-state index >= 15 is 0 Å². The third kappa shape index (κ3) is 2.74. The Hall–Kier alpha value is -1.62. The maximum absolute atomic E-state index is 4.47. The summed E-state index contributed by atoms with van der Waals surface area (Å²) in [6.45, 7) is 8.58. The highest BCUT2D eigenvalue weighted by Gasteiger charge is 2.11. The van der Waals surface area contributed by atoms with E-state index in [2.05, 4.69) is 34.2 Å². The van der Waals surface area contributed by atoms with Gasteiger partial charge in [-0.1, -0.05) is 6.08 Å². The van der Waals surface area contributed by atoms with Gasteiger partial charge in [-0.05, 0) is 13.8 Å². The van der Waals surface area contributed by atoms with Gasteiger partial charge < -0.3 is 9.88 Å². The highest BCUT2D eigenvalue weighted by Crippen LogP contribution is 2.21. The van der Waals surface area contributed by atoms with E-state index in [-0.39, 0.29) is 6.04 Å². The number of hydrogen-bond donors (Lipinski definition) is 1. The second-order valence-electron chi connectivity index (χ2n) is 3.89. The highest BCUT2D eigenvalue weighted by molar-refractivity contribution is 7.09. The van der Waals surface area contributed by atoms with Gasteiger partial charge in [0.1, 0.15) is 5.01 Å². The van der Waals surface area contributed by atoms with Crippen molar-refractivity contribution in [3.8, 4) is 0 Å². The van der Waals surface area contributed by atoms with Crippen molar-refractivity contribution in [1.82, 2.24) is 14.5 Å². The van der Waals surface area contributed by atoms with E-state index in [0.717, 1.165) is 23.2 Å². The van der Waals surface area contributed by atoms with E-state index in [4.69, 9.17) is 0 Å². The molecule has 5 heteroatoms. The van der Waals surface area contributed by atoms with Crippen LogP contribution in [-0.2, 0) is 6.54 Å². The van der Waals surface area contributed by atoms with Crippen molar-refractivity contribution < 1.29 is 0 Å². The molecule has 4 nitrogen and oxygen atoms in total. The second-order valence-corrected chi connectivity index (χ2v) is 4.77. The fourth-order valence-corrected chi connectivity index (χ4v) is 2.37. The maximum atomic E-state index is 4.47. The molecular weight excluding hydrogens is 232 g/mol. The first-order valence-corrected chi connectivity index (χ1v) is 6.39. The molecule has 2 aromatic rings. The Labute approximate surface area is 105 Å². The van der Waals surface area contributed by atoms with Crippen LogP contribution in [-0.4, -0.2) is 14.5 Å². The van der Waals surface area contributed by atoms with Gasteiger partial charge in [-0.2, -0.15) is 0 Å². The molecule has 0 aliphatic rings. The van der Waals surface area contributed by atoms with E-state index in [1.54, 1.807) is 17.5 Å². The zero-order chi connectivity index (χ0) is 12.3. The average Bonchev–Trinajstić information content (AvgIpc) is 2.89. The Kier molecular flexibility index (Phi) is 3.58. The third-order valence-electron chi connectivity index (χ3n) is 2.39. The van der Waals surface area contributed by atoms with Crippen molar-refractivity contribution in [1.29, 1.82) is 0 Å². The summed E-state index contributed by atoms with van der Waals surface area (Å²) in [7, 11) is 0. The molecule has 0 fully saturated rings. The number of anilines is 1. The van der Waals surface area contributed by atoms with Gasteiger partial charge in [-0.25, -0.2) is 9.97 Å². The van der Waals surface area contributed by atoms with Crippen LogP contribution in [0.1, 0.15) is 23.7 Å². The summed E-state index contributed by atoms with van der Waals surface area (Å²) in [4.78, 5) is 8.75. The SMILES string of the molecule is C=CCn1ccnc1NC(C)c1nc(C)cs1. The van der Waals surface area contributed by atoms with Crippen LogP contribution in [0.15, 0.2) is 30.4 Å². The summed E-state index contributed by atoms with van der Waals surface area (Å²) in [5, 5.41) is 6.50. The molecule has 0 aliphatic carbocycles. The van der Waals surface area contributed by atoms with Crippen LogP contribution in [0.4, 0.5) is 5.95 Å². The molecule has 0 aromatic carbocycles. The summed E-state index contributed by atoms with van der Waals surface area (Å²) >= 11 is 1.67. The standard InChI is InChI=1S/C12H16N4S/c1-4-6-16-7-5-13-12(16)15-10(3)11-14-9(2)8-17-11/h4-5,7-8,10H,1,6H2,2-3H3,(H,13,15). The number of hydrogen-bond acceptors (Lipinski definition) is 4. The van der Waals surface area contributed by atoms with Crippen molar-refractivity contribution in [2.45, 2.75) is 26.4 Å². The number of rotatable bonds is 5. The van der Waals surface area contributed by atoms with E-state index in [0.29, 0.717) is 0 Å². The van der Waals surface area contributed by atoms with E-state index in [9.17, 15) is 0 Å². The van der Waals surface area contributed by atoms with Crippen molar-refractivity contribution in [2.24, 2.45) is 0 Å². The lowest BCUT2D eigenvalue weighted by Gasteiger charge is -2.13. The first-order valence-electron chi connectivity index (χ1n) is 5.51. The van der Waals surface area contributed by atoms with Crippen LogP contribution in [0, 0.1) is 6.92 Å². The number of imidazole rings is 1. The second kappa shape index (κ2) is 5.14. The molecule has 2 aromatic heterocycles. The molecule has 0 saturated carbocycles. The van der Waals surface area contributed by atoms with E-state index < -0.39 is 0 Å². The third-order valence-corrected chi connectivity index (χ3v) is 3.54. The van der Waals surface area contributed by atoms with Gasteiger partial charge in [0.15, 0.2) is 0 Å². The summed E-state index contributed by atoms with van der Waals surface area (Å²) < 4.78 is 2.02. The van der Waals surface area contributed by atoms with Crippen LogP contribution in [0.25, 0.3) is 0 Å². The normalized spacial score (nSPS) is 12.4. The largest absolute Gasteiger partial charge is 0.347 e. The van der Waals surface area contributed by atoms with Gasteiger partial charge in [0.2, 0.25) is 5.95 Å². The van der Waals surface area contributed by atoms with Gasteiger partial charge in [0.05, 0.1) is 6.04 Å². The summed E-state index contributed by atoms with van der Waals surface area (Å²) in [5.41, 5.74) is 1.06. The highest BCUT2D eigenvalue weighted by atomic mass is 32.1. The molecule has 1 N–H and O–H groups in total. The minimum atomic E-state index is 0.166. The molecule has 0 spiro atoms. The van der Waals surface area contributed by atoms with E-state index in [1.807, 2.05) is 23.8 Å². The number of aryl methyl sites for hydroxylation is 1. The number of nitrogens with zero attached hydrogens (tertiary/aromatic N) is 3. The number of allylic oxidation sites excluding steroid dienone is 1. The van der Waals surface area contributed by atoms with Crippen LogP contribution in [0.5, 0.6) is 0 Å². The summed E-state index contributed by atoms with van der Waals surface area (Å²) in [5.74, 6) is 0.852. The van der Waals surface area contributed by atoms with Crippen LogP contribution in [0.2, 0.25) is 0 Å². The molecule has 0 amide bonds. The first-order chi connectivity index (χ1) is 8.20. The van der Waals surface area contributed by atoms with E-state index in [1.165, 1.54) is 0 Å². The van der Waals surface area contributed by atoms with Gasteiger partial charge in [-0.3, -0.25) is 0 Å². The molecule has 0 bridgehead atoms. The number of nitrogens with one attached hydrogen (secondary N) is 1. The van der Waals surface area contributed by atoms with Crippen molar-refractivity contribution >= 4 is 17.3 Å². The van der Waals surface area contributed by atoms with Crippen LogP contribution in [0.3, 0.4) is 0 Å². The predicted molar refractivity (Wildman–Crippen MR) is 71.3 cm³/mol. The molecule has 2 heterocycles.